The van der Waals surface area contributed by atoms with E-state index in [1.54, 1.807) is 0 Å². The number of hydrogen-bond acceptors (Lipinski definition) is 4. The summed E-state index contributed by atoms with van der Waals surface area (Å²) >= 11 is 0. The molecule has 0 spiro atoms. The number of carbonyl (C=O) groups excluding carboxylic acids is 1. The second kappa shape index (κ2) is 7.86. The molecule has 1 aromatic rings. The van der Waals surface area contributed by atoms with Crippen LogP contribution in [0.25, 0.3) is 0 Å². The fourth-order valence-corrected chi connectivity index (χ4v) is 2.37. The Morgan fingerprint density at radius 2 is 1.80 bits per heavy atom. The average Bonchev–Trinajstić information content (AvgIpc) is 2.43. The first-order valence-electron chi connectivity index (χ1n) is 6.53. The maximum atomic E-state index is 11.6. The lowest BCUT2D eigenvalue weighted by atomic mass is 10.2. The fourth-order valence-electron chi connectivity index (χ4n) is 1.38. The molecule has 0 fully saturated rings. The Balaban J connectivity index is 2.65. The van der Waals surface area contributed by atoms with E-state index in [2.05, 4.69) is 9.44 Å². The normalized spacial score (nSPS) is 11.1. The molecule has 0 saturated heterocycles. The number of benzene rings is 1. The molecule has 112 valence electrons. The van der Waals surface area contributed by atoms with Gasteiger partial charge >= 0.3 is 5.97 Å². The molecule has 0 atom stereocenters. The van der Waals surface area contributed by atoms with E-state index in [-0.39, 0.29) is 0 Å². The minimum Gasteiger partial charge on any atom is -0.462 e. The number of nitrogens with one attached hydrogen (secondary N) is 2. The fraction of sp³-hybridized carbons (Fsp3) is 0.462. The van der Waals surface area contributed by atoms with Gasteiger partial charge in [-0.05, 0) is 37.1 Å². The molecule has 0 radical (unpaired) electrons. The molecule has 0 saturated carbocycles. The molecular weight excluding hydrogens is 280 g/mol. The summed E-state index contributed by atoms with van der Waals surface area (Å²) < 4.78 is 33.0. The third kappa shape index (κ3) is 5.58. The van der Waals surface area contributed by atoms with Crippen LogP contribution in [0, 0.1) is 0 Å². The van der Waals surface area contributed by atoms with E-state index < -0.39 is 16.2 Å². The minimum absolute atomic E-state index is 0.369. The van der Waals surface area contributed by atoms with Crippen LogP contribution in [-0.2, 0) is 14.9 Å². The van der Waals surface area contributed by atoms with Gasteiger partial charge in [-0.1, -0.05) is 13.8 Å². The Morgan fingerprint density at radius 3 is 2.35 bits per heavy atom. The lowest BCUT2D eigenvalue weighted by Crippen LogP contribution is -2.30. The van der Waals surface area contributed by atoms with Gasteiger partial charge in [-0.15, -0.1) is 0 Å². The Kier molecular flexibility index (Phi) is 6.47. The first-order chi connectivity index (χ1) is 9.48. The summed E-state index contributed by atoms with van der Waals surface area (Å²) in [7, 11) is -3.56. The van der Waals surface area contributed by atoms with Crippen molar-refractivity contribution in [2.24, 2.45) is 0 Å². The van der Waals surface area contributed by atoms with Gasteiger partial charge in [0, 0.05) is 12.2 Å². The molecule has 0 aliphatic carbocycles. The van der Waals surface area contributed by atoms with Crippen LogP contribution in [0.2, 0.25) is 0 Å². The lowest BCUT2D eigenvalue weighted by Gasteiger charge is -2.09. The van der Waals surface area contributed by atoms with Gasteiger partial charge in [-0.2, -0.15) is 13.1 Å². The number of anilines is 1. The zero-order valence-electron chi connectivity index (χ0n) is 11.7. The molecule has 0 aliphatic heterocycles. The molecule has 0 unspecified atom stereocenters. The largest absolute Gasteiger partial charge is 0.462 e. The first-order valence-corrected chi connectivity index (χ1v) is 8.01. The molecule has 0 aromatic heterocycles. The van der Waals surface area contributed by atoms with Crippen molar-refractivity contribution in [3.8, 4) is 0 Å². The molecule has 0 amide bonds. The molecule has 1 rings (SSSR count). The maximum Gasteiger partial charge on any atom is 0.338 e. The highest BCUT2D eigenvalue weighted by Gasteiger charge is 2.10. The Morgan fingerprint density at radius 1 is 1.15 bits per heavy atom. The molecule has 1 aromatic carbocycles. The molecule has 0 aliphatic rings. The summed E-state index contributed by atoms with van der Waals surface area (Å²) in [5.41, 5.74) is 0.781. The van der Waals surface area contributed by atoms with Crippen molar-refractivity contribution in [1.29, 1.82) is 0 Å². The van der Waals surface area contributed by atoms with Crippen molar-refractivity contribution in [3.63, 3.8) is 0 Å². The summed E-state index contributed by atoms with van der Waals surface area (Å²) in [4.78, 5) is 11.6. The summed E-state index contributed by atoms with van der Waals surface area (Å²) in [6, 6.07) is 6.09. The zero-order valence-corrected chi connectivity index (χ0v) is 12.5. The lowest BCUT2D eigenvalue weighted by molar-refractivity contribution is 0.0505. The first kappa shape index (κ1) is 16.5. The molecule has 0 heterocycles. The van der Waals surface area contributed by atoms with Gasteiger partial charge in [-0.3, -0.25) is 4.72 Å². The second-order valence-corrected chi connectivity index (χ2v) is 5.71. The summed E-state index contributed by atoms with van der Waals surface area (Å²) in [6.45, 7) is 4.53. The third-order valence-corrected chi connectivity index (χ3v) is 3.44. The molecule has 7 heteroatoms. The van der Waals surface area contributed by atoms with Crippen molar-refractivity contribution < 1.29 is 17.9 Å². The van der Waals surface area contributed by atoms with Crippen molar-refractivity contribution >= 4 is 21.9 Å². The van der Waals surface area contributed by atoms with Crippen LogP contribution >= 0.6 is 0 Å². The van der Waals surface area contributed by atoms with E-state index >= 15 is 0 Å². The van der Waals surface area contributed by atoms with Crippen LogP contribution in [-0.4, -0.2) is 27.5 Å². The van der Waals surface area contributed by atoms with Crippen molar-refractivity contribution in [1.82, 2.24) is 4.72 Å². The van der Waals surface area contributed by atoms with Crippen LogP contribution in [0.3, 0.4) is 0 Å². The standard InChI is InChI=1S/C13H20N2O4S/c1-3-9-14-20(17,18)15-12-7-5-11(6-8-12)13(16)19-10-4-2/h5-8,14-15H,3-4,9-10H2,1-2H3. The third-order valence-electron chi connectivity index (χ3n) is 2.35. The molecule has 6 nitrogen and oxygen atoms in total. The van der Waals surface area contributed by atoms with E-state index in [0.29, 0.717) is 30.8 Å². The predicted octanol–water partition coefficient (Wildman–Crippen LogP) is 1.91. The Bertz CT molecular complexity index is 526. The SMILES string of the molecule is CCCNS(=O)(=O)Nc1ccc(C(=O)OCCC)cc1. The van der Waals surface area contributed by atoms with Crippen molar-refractivity contribution in [2.45, 2.75) is 26.7 Å². The highest BCUT2D eigenvalue weighted by Crippen LogP contribution is 2.11. The maximum absolute atomic E-state index is 11.6. The predicted molar refractivity (Wildman–Crippen MR) is 77.9 cm³/mol. The molecule has 0 bridgehead atoms. The summed E-state index contributed by atoms with van der Waals surface area (Å²) in [5, 5.41) is 0. The Labute approximate surface area is 119 Å². The van der Waals surface area contributed by atoms with Crippen molar-refractivity contribution in [3.05, 3.63) is 29.8 Å². The van der Waals surface area contributed by atoms with E-state index in [1.165, 1.54) is 24.3 Å². The van der Waals surface area contributed by atoms with Crippen LogP contribution in [0.5, 0.6) is 0 Å². The van der Waals surface area contributed by atoms with Gasteiger partial charge in [0.2, 0.25) is 0 Å². The smallest absolute Gasteiger partial charge is 0.338 e. The topological polar surface area (TPSA) is 84.5 Å². The summed E-state index contributed by atoms with van der Waals surface area (Å²) in [6.07, 6.45) is 1.47. The van der Waals surface area contributed by atoms with Crippen LogP contribution in [0.1, 0.15) is 37.0 Å². The van der Waals surface area contributed by atoms with Crippen LogP contribution in [0.4, 0.5) is 5.69 Å². The van der Waals surface area contributed by atoms with Gasteiger partial charge in [0.15, 0.2) is 0 Å². The van der Waals surface area contributed by atoms with E-state index in [1.807, 2.05) is 13.8 Å². The Hall–Kier alpha value is -1.60. The minimum atomic E-state index is -3.56. The van der Waals surface area contributed by atoms with E-state index in [9.17, 15) is 13.2 Å². The van der Waals surface area contributed by atoms with Crippen LogP contribution in [0.15, 0.2) is 24.3 Å². The molecule has 2 N–H and O–H groups in total. The monoisotopic (exact) mass is 300 g/mol. The zero-order chi connectivity index (χ0) is 15.0. The molecule has 20 heavy (non-hydrogen) atoms. The second-order valence-electron chi connectivity index (χ2n) is 4.21. The number of carbonyl (C=O) groups is 1. The van der Waals surface area contributed by atoms with Crippen LogP contribution < -0.4 is 9.44 Å². The van der Waals surface area contributed by atoms with Gasteiger partial charge in [-0.25, -0.2) is 4.79 Å². The quantitative estimate of drug-likeness (QED) is 0.718. The van der Waals surface area contributed by atoms with Gasteiger partial charge < -0.3 is 4.74 Å². The number of hydrogen-bond donors (Lipinski definition) is 2. The van der Waals surface area contributed by atoms with E-state index in [4.69, 9.17) is 4.74 Å². The molecular formula is C13H20N2O4S. The highest BCUT2D eigenvalue weighted by atomic mass is 32.2. The van der Waals surface area contributed by atoms with Crippen molar-refractivity contribution in [2.75, 3.05) is 17.9 Å². The van der Waals surface area contributed by atoms with E-state index in [0.717, 1.165) is 6.42 Å². The van der Waals surface area contributed by atoms with Gasteiger partial charge in [0.25, 0.3) is 10.2 Å². The van der Waals surface area contributed by atoms with Gasteiger partial charge in [0.05, 0.1) is 12.2 Å². The van der Waals surface area contributed by atoms with Gasteiger partial charge in [0.1, 0.15) is 0 Å². The number of ether oxygens (including phenoxy) is 1. The highest BCUT2D eigenvalue weighted by molar-refractivity contribution is 7.90. The number of esters is 1. The average molecular weight is 300 g/mol. The number of rotatable bonds is 8. The summed E-state index contributed by atoms with van der Waals surface area (Å²) in [5.74, 6) is -0.412.